The minimum absolute atomic E-state index is 0.0384. The first-order chi connectivity index (χ1) is 25.7. The Hall–Kier alpha value is -6.34. The van der Waals surface area contributed by atoms with Gasteiger partial charge in [0, 0.05) is 26.2 Å². The van der Waals surface area contributed by atoms with Gasteiger partial charge in [-0.05, 0) is 42.0 Å². The maximum absolute atomic E-state index is 14.4. The number of amides is 4. The second kappa shape index (κ2) is 22.7. The number of carboxylic acids is 2. The number of nitrogens with one attached hydrogen (secondary N) is 2. The van der Waals surface area contributed by atoms with Crippen LogP contribution in [-0.2, 0) is 32.3 Å². The van der Waals surface area contributed by atoms with Gasteiger partial charge in [0.15, 0.2) is 5.96 Å². The van der Waals surface area contributed by atoms with Crippen molar-refractivity contribution in [3.63, 3.8) is 0 Å². The molecule has 300 valence electrons. The number of aliphatic carboxylic acids is 2. The van der Waals surface area contributed by atoms with Crippen molar-refractivity contribution < 1.29 is 60.5 Å². The molecule has 0 heterocycles. The second-order valence-electron chi connectivity index (χ2n) is 11.2. The van der Waals surface area contributed by atoms with Gasteiger partial charge in [-0.2, -0.15) is 26.3 Å². The number of benzene rings is 3. The first-order valence-electron chi connectivity index (χ1n) is 16.1. The molecule has 14 nitrogen and oxygen atoms in total. The lowest BCUT2D eigenvalue weighted by molar-refractivity contribution is -0.193. The fourth-order valence-corrected chi connectivity index (χ4v) is 4.59. The maximum atomic E-state index is 14.4. The SMILES string of the molecule is CCNC(=O)NCc1ccc(CN(C(=O)C(c2ccccc2)c2ccccc2)[C@H](CCCN=C(N)N)C(N)=O)cc1.O=C(O)C(F)(F)F.O=C(O)C(F)(F)F. The molecule has 0 aliphatic heterocycles. The number of halogens is 6. The van der Waals surface area contributed by atoms with E-state index in [9.17, 15) is 40.7 Å². The Morgan fingerprint density at radius 3 is 1.55 bits per heavy atom. The first kappa shape index (κ1) is 46.7. The Labute approximate surface area is 311 Å². The van der Waals surface area contributed by atoms with Crippen LogP contribution in [-0.4, -0.2) is 82.3 Å². The summed E-state index contributed by atoms with van der Waals surface area (Å²) in [5.74, 6) is -7.04. The molecule has 0 saturated heterocycles. The van der Waals surface area contributed by atoms with Crippen molar-refractivity contribution in [2.75, 3.05) is 13.1 Å². The second-order valence-corrected chi connectivity index (χ2v) is 11.2. The predicted octanol–water partition coefficient (Wildman–Crippen LogP) is 3.84. The monoisotopic (exact) mass is 785 g/mol. The first-order valence-corrected chi connectivity index (χ1v) is 16.1. The lowest BCUT2D eigenvalue weighted by atomic mass is 9.89. The molecule has 0 spiro atoms. The van der Waals surface area contributed by atoms with Gasteiger partial charge < -0.3 is 42.9 Å². The van der Waals surface area contributed by atoms with Crippen molar-refractivity contribution in [1.82, 2.24) is 15.5 Å². The number of nitrogens with zero attached hydrogens (tertiary/aromatic N) is 2. The third-order valence-corrected chi connectivity index (χ3v) is 7.08. The summed E-state index contributed by atoms with van der Waals surface area (Å²) in [6.45, 7) is 3.21. The highest BCUT2D eigenvalue weighted by Crippen LogP contribution is 2.29. The minimum Gasteiger partial charge on any atom is -0.475 e. The van der Waals surface area contributed by atoms with Gasteiger partial charge in [0.1, 0.15) is 6.04 Å². The van der Waals surface area contributed by atoms with Crippen molar-refractivity contribution >= 4 is 35.7 Å². The smallest absolute Gasteiger partial charge is 0.475 e. The molecule has 0 aromatic heterocycles. The average molecular weight is 786 g/mol. The number of rotatable bonds is 14. The van der Waals surface area contributed by atoms with E-state index in [-0.39, 0.29) is 24.4 Å². The Morgan fingerprint density at radius 1 is 0.727 bits per heavy atom. The van der Waals surface area contributed by atoms with E-state index in [0.29, 0.717) is 32.5 Å². The van der Waals surface area contributed by atoms with E-state index in [1.807, 2.05) is 91.9 Å². The number of carbonyl (C=O) groups excluding carboxylic acids is 3. The summed E-state index contributed by atoms with van der Waals surface area (Å²) in [7, 11) is 0. The van der Waals surface area contributed by atoms with Crippen LogP contribution in [0.1, 0.15) is 47.9 Å². The van der Waals surface area contributed by atoms with E-state index in [1.54, 1.807) is 4.90 Å². The van der Waals surface area contributed by atoms with Crippen LogP contribution in [0, 0.1) is 0 Å². The number of carboxylic acid groups (broad SMARTS) is 2. The Bertz CT molecular complexity index is 1640. The van der Waals surface area contributed by atoms with Gasteiger partial charge in [-0.25, -0.2) is 14.4 Å². The molecule has 55 heavy (non-hydrogen) atoms. The van der Waals surface area contributed by atoms with Crippen LogP contribution in [0.2, 0.25) is 0 Å². The fraction of sp³-hybridized carbons (Fsp3) is 0.314. The van der Waals surface area contributed by atoms with Crippen molar-refractivity contribution in [1.29, 1.82) is 0 Å². The van der Waals surface area contributed by atoms with Crippen LogP contribution >= 0.6 is 0 Å². The molecule has 0 unspecified atom stereocenters. The topological polar surface area (TPSA) is 244 Å². The van der Waals surface area contributed by atoms with Gasteiger partial charge in [-0.15, -0.1) is 0 Å². The Kier molecular flexibility index (Phi) is 19.2. The molecule has 4 amide bonds. The van der Waals surface area contributed by atoms with Crippen molar-refractivity contribution in [2.24, 2.45) is 22.2 Å². The molecular weight excluding hydrogens is 744 g/mol. The fourth-order valence-electron chi connectivity index (χ4n) is 4.59. The van der Waals surface area contributed by atoms with Gasteiger partial charge in [-0.1, -0.05) is 84.9 Å². The summed E-state index contributed by atoms with van der Waals surface area (Å²) in [4.78, 5) is 62.4. The summed E-state index contributed by atoms with van der Waals surface area (Å²) in [5, 5.41) is 19.7. The van der Waals surface area contributed by atoms with Gasteiger partial charge in [0.05, 0.1) is 5.92 Å². The maximum Gasteiger partial charge on any atom is 0.490 e. The van der Waals surface area contributed by atoms with Crippen molar-refractivity contribution in [2.45, 2.75) is 57.2 Å². The van der Waals surface area contributed by atoms with Crippen molar-refractivity contribution in [3.05, 3.63) is 107 Å². The number of guanidine groups is 1. The molecular formula is C35H41F6N7O7. The molecule has 3 aromatic rings. The summed E-state index contributed by atoms with van der Waals surface area (Å²) < 4.78 is 63.5. The highest BCUT2D eigenvalue weighted by atomic mass is 19.4. The van der Waals surface area contributed by atoms with Crippen molar-refractivity contribution in [3.8, 4) is 0 Å². The zero-order valence-electron chi connectivity index (χ0n) is 29.3. The molecule has 0 fully saturated rings. The number of hydrogen-bond acceptors (Lipinski definition) is 6. The van der Waals surface area contributed by atoms with Gasteiger partial charge in [0.25, 0.3) is 0 Å². The molecule has 10 N–H and O–H groups in total. The van der Waals surface area contributed by atoms with Crippen LogP contribution in [0.5, 0.6) is 0 Å². The predicted molar refractivity (Wildman–Crippen MR) is 188 cm³/mol. The standard InChI is InChI=1S/C31H39N7O3.2C2HF3O2/c1-2-35-31(41)37-20-22-15-17-23(18-16-22)21-38(26(28(32)39)14-9-19-36-30(33)34)29(40)27(24-10-5-3-6-11-24)25-12-7-4-8-13-25;2*3-2(4,5)1(6)7/h3-8,10-13,15-18,26-27H,2,9,14,19-21H2,1H3,(H2,32,39)(H4,33,34,36)(H2,35,37,41);2*(H,6,7)/t26-;;/m1../s1. The van der Waals surface area contributed by atoms with E-state index in [1.165, 1.54) is 0 Å². The Morgan fingerprint density at radius 2 is 1.16 bits per heavy atom. The Balaban J connectivity index is 0.000000913. The zero-order valence-corrected chi connectivity index (χ0v) is 29.3. The van der Waals surface area contributed by atoms with E-state index >= 15 is 0 Å². The molecule has 20 heteroatoms. The summed E-state index contributed by atoms with van der Waals surface area (Å²) in [6.07, 6.45) is -9.41. The van der Waals surface area contributed by atoms with E-state index in [2.05, 4.69) is 15.6 Å². The van der Waals surface area contributed by atoms with E-state index in [0.717, 1.165) is 22.3 Å². The number of urea groups is 1. The average Bonchev–Trinajstić information content (AvgIpc) is 3.11. The highest BCUT2D eigenvalue weighted by molar-refractivity contribution is 5.92. The molecule has 0 saturated carbocycles. The third kappa shape index (κ3) is 17.8. The summed E-state index contributed by atoms with van der Waals surface area (Å²) >= 11 is 0. The normalized spacial score (nSPS) is 11.3. The minimum atomic E-state index is -5.08. The summed E-state index contributed by atoms with van der Waals surface area (Å²) in [6, 6.07) is 25.4. The molecule has 0 aliphatic rings. The molecule has 3 aromatic carbocycles. The summed E-state index contributed by atoms with van der Waals surface area (Å²) in [5.41, 5.74) is 20.1. The third-order valence-electron chi connectivity index (χ3n) is 7.08. The van der Waals surface area contributed by atoms with E-state index in [4.69, 9.17) is 37.0 Å². The lowest BCUT2D eigenvalue weighted by Gasteiger charge is -2.33. The molecule has 0 bridgehead atoms. The molecule has 0 radical (unpaired) electrons. The number of hydrogen-bond donors (Lipinski definition) is 7. The lowest BCUT2D eigenvalue weighted by Crippen LogP contribution is -2.49. The number of primary amides is 1. The van der Waals surface area contributed by atoms with Crippen LogP contribution in [0.3, 0.4) is 0 Å². The number of carbonyl (C=O) groups is 5. The number of alkyl halides is 6. The van der Waals surface area contributed by atoms with Gasteiger partial charge in [-0.3, -0.25) is 14.6 Å². The van der Waals surface area contributed by atoms with Crippen LogP contribution < -0.4 is 27.8 Å². The van der Waals surface area contributed by atoms with Crippen LogP contribution in [0.25, 0.3) is 0 Å². The van der Waals surface area contributed by atoms with Gasteiger partial charge >= 0.3 is 30.3 Å². The quantitative estimate of drug-likeness (QED) is 0.0543. The molecule has 1 atom stereocenters. The van der Waals surface area contributed by atoms with Crippen LogP contribution in [0.4, 0.5) is 31.1 Å². The highest BCUT2D eigenvalue weighted by Gasteiger charge is 2.39. The van der Waals surface area contributed by atoms with Gasteiger partial charge in [0.2, 0.25) is 11.8 Å². The zero-order chi connectivity index (χ0) is 41.8. The largest absolute Gasteiger partial charge is 0.490 e. The molecule has 0 aliphatic carbocycles. The molecule has 3 rings (SSSR count). The number of nitrogens with two attached hydrogens (primary N) is 3. The van der Waals surface area contributed by atoms with Crippen LogP contribution in [0.15, 0.2) is 89.9 Å². The van der Waals surface area contributed by atoms with E-state index < -0.39 is 42.2 Å². The number of aliphatic imine (C=N–C) groups is 1.